The molecule has 3 N–H and O–H groups in total. The number of hydrogen-bond donors (Lipinski definition) is 3. The van der Waals surface area contributed by atoms with Gasteiger partial charge in [0.15, 0.2) is 0 Å². The molecule has 0 saturated heterocycles. The highest BCUT2D eigenvalue weighted by Gasteiger charge is 2.04. The minimum atomic E-state index is -0.751. The highest BCUT2D eigenvalue weighted by Crippen LogP contribution is 2.26. The molecule has 84 valence electrons. The van der Waals surface area contributed by atoms with Gasteiger partial charge in [0.05, 0.1) is 19.8 Å². The summed E-state index contributed by atoms with van der Waals surface area (Å²) < 4.78 is 5.90. The number of nitrogens with one attached hydrogen (secondary N) is 1. The highest BCUT2D eigenvalue weighted by molar-refractivity contribution is 9.10. The van der Waals surface area contributed by atoms with Gasteiger partial charge >= 0.3 is 0 Å². The molecule has 1 unspecified atom stereocenters. The third-order valence-corrected chi connectivity index (χ3v) is 2.57. The summed E-state index contributed by atoms with van der Waals surface area (Å²) in [6, 6.07) is 5.49. The Hall–Kier alpha value is -0.780. The smallest absolute Gasteiger partial charge is 0.120 e. The number of anilines is 1. The predicted octanol–water partition coefficient (Wildman–Crippen LogP) is 1.22. The second-order valence-electron chi connectivity index (χ2n) is 3.06. The van der Waals surface area contributed by atoms with Crippen molar-refractivity contribution in [2.45, 2.75) is 6.10 Å². The summed E-state index contributed by atoms with van der Waals surface area (Å²) in [6.07, 6.45) is -0.751. The Labute approximate surface area is 97.0 Å². The van der Waals surface area contributed by atoms with Crippen LogP contribution in [0.25, 0.3) is 0 Å². The van der Waals surface area contributed by atoms with Crippen LogP contribution in [-0.4, -0.2) is 36.6 Å². The van der Waals surface area contributed by atoms with Gasteiger partial charge in [-0.1, -0.05) is 0 Å². The zero-order valence-electron chi connectivity index (χ0n) is 8.40. The number of hydrogen-bond acceptors (Lipinski definition) is 4. The molecule has 0 aliphatic carbocycles. The summed E-state index contributed by atoms with van der Waals surface area (Å²) in [5.41, 5.74) is 0.850. The van der Waals surface area contributed by atoms with E-state index in [4.69, 9.17) is 14.9 Å². The minimum absolute atomic E-state index is 0.249. The van der Waals surface area contributed by atoms with E-state index in [0.717, 1.165) is 15.9 Å². The molecule has 0 heterocycles. The molecule has 0 bridgehead atoms. The monoisotopic (exact) mass is 275 g/mol. The van der Waals surface area contributed by atoms with Gasteiger partial charge in [0.1, 0.15) is 5.75 Å². The summed E-state index contributed by atoms with van der Waals surface area (Å²) in [7, 11) is 1.60. The van der Waals surface area contributed by atoms with Crippen LogP contribution in [0.4, 0.5) is 5.69 Å². The van der Waals surface area contributed by atoms with Crippen molar-refractivity contribution < 1.29 is 14.9 Å². The standard InChI is InChI=1S/C10H14BrNO3/c1-15-8-2-3-10(9(11)4-8)12-5-7(14)6-13/h2-4,7,12-14H,5-6H2,1H3. The van der Waals surface area contributed by atoms with Gasteiger partial charge in [-0.3, -0.25) is 0 Å². The lowest BCUT2D eigenvalue weighted by molar-refractivity contribution is 0.105. The molecular weight excluding hydrogens is 262 g/mol. The van der Waals surface area contributed by atoms with Gasteiger partial charge in [-0.05, 0) is 34.1 Å². The maximum atomic E-state index is 9.16. The van der Waals surface area contributed by atoms with Crippen LogP contribution in [0.3, 0.4) is 0 Å². The summed E-state index contributed by atoms with van der Waals surface area (Å²) in [4.78, 5) is 0. The second kappa shape index (κ2) is 5.95. The number of ether oxygens (including phenoxy) is 1. The summed E-state index contributed by atoms with van der Waals surface area (Å²) in [6.45, 7) is 0.0577. The van der Waals surface area contributed by atoms with Crippen molar-refractivity contribution in [3.8, 4) is 5.75 Å². The topological polar surface area (TPSA) is 61.7 Å². The van der Waals surface area contributed by atoms with E-state index in [2.05, 4.69) is 21.2 Å². The van der Waals surface area contributed by atoms with E-state index in [1.54, 1.807) is 7.11 Å². The van der Waals surface area contributed by atoms with Crippen LogP contribution in [0.15, 0.2) is 22.7 Å². The molecule has 1 aromatic carbocycles. The van der Waals surface area contributed by atoms with Gasteiger partial charge in [-0.2, -0.15) is 0 Å². The van der Waals surface area contributed by atoms with E-state index >= 15 is 0 Å². The lowest BCUT2D eigenvalue weighted by Crippen LogP contribution is -2.23. The molecule has 0 amide bonds. The van der Waals surface area contributed by atoms with E-state index in [1.165, 1.54) is 0 Å². The lowest BCUT2D eigenvalue weighted by Gasteiger charge is -2.12. The van der Waals surface area contributed by atoms with Crippen molar-refractivity contribution >= 4 is 21.6 Å². The molecule has 0 spiro atoms. The maximum Gasteiger partial charge on any atom is 0.120 e. The third-order valence-electron chi connectivity index (χ3n) is 1.92. The number of methoxy groups -OCH3 is 1. The van der Waals surface area contributed by atoms with Crippen LogP contribution in [-0.2, 0) is 0 Å². The van der Waals surface area contributed by atoms with Crippen LogP contribution in [0.1, 0.15) is 0 Å². The molecule has 0 aliphatic heterocycles. The summed E-state index contributed by atoms with van der Waals surface area (Å²) in [5, 5.41) is 20.8. The zero-order chi connectivity index (χ0) is 11.3. The summed E-state index contributed by atoms with van der Waals surface area (Å²) >= 11 is 3.37. The number of benzene rings is 1. The molecule has 1 atom stereocenters. The Morgan fingerprint density at radius 3 is 2.80 bits per heavy atom. The number of rotatable bonds is 5. The molecule has 0 saturated carbocycles. The average Bonchev–Trinajstić information content (AvgIpc) is 2.26. The number of aliphatic hydroxyl groups excluding tert-OH is 2. The second-order valence-corrected chi connectivity index (χ2v) is 3.92. The van der Waals surface area contributed by atoms with Crippen molar-refractivity contribution in [2.75, 3.05) is 25.6 Å². The molecule has 0 aliphatic rings. The maximum absolute atomic E-state index is 9.16. The molecule has 0 aromatic heterocycles. The Morgan fingerprint density at radius 1 is 1.53 bits per heavy atom. The van der Waals surface area contributed by atoms with Gasteiger partial charge in [0, 0.05) is 16.7 Å². The third kappa shape index (κ3) is 3.70. The zero-order valence-corrected chi connectivity index (χ0v) is 9.99. The lowest BCUT2D eigenvalue weighted by atomic mass is 10.3. The average molecular weight is 276 g/mol. The molecule has 1 rings (SSSR count). The SMILES string of the molecule is COc1ccc(NCC(O)CO)c(Br)c1. The van der Waals surface area contributed by atoms with Crippen LogP contribution < -0.4 is 10.1 Å². The van der Waals surface area contributed by atoms with E-state index in [-0.39, 0.29) is 6.61 Å². The van der Waals surface area contributed by atoms with Gasteiger partial charge < -0.3 is 20.3 Å². The Morgan fingerprint density at radius 2 is 2.27 bits per heavy atom. The van der Waals surface area contributed by atoms with Gasteiger partial charge in [0.2, 0.25) is 0 Å². The first kappa shape index (κ1) is 12.3. The minimum Gasteiger partial charge on any atom is -0.497 e. The normalized spacial score (nSPS) is 12.3. The van der Waals surface area contributed by atoms with E-state index < -0.39 is 6.10 Å². The molecule has 0 fully saturated rings. The molecule has 15 heavy (non-hydrogen) atoms. The highest BCUT2D eigenvalue weighted by atomic mass is 79.9. The van der Waals surface area contributed by atoms with E-state index in [9.17, 15) is 0 Å². The van der Waals surface area contributed by atoms with Crippen molar-refractivity contribution in [1.29, 1.82) is 0 Å². The van der Waals surface area contributed by atoms with Crippen LogP contribution in [0.5, 0.6) is 5.75 Å². The Balaban J connectivity index is 2.62. The van der Waals surface area contributed by atoms with Crippen LogP contribution in [0, 0.1) is 0 Å². The molecule has 0 radical (unpaired) electrons. The first-order valence-electron chi connectivity index (χ1n) is 4.53. The first-order valence-corrected chi connectivity index (χ1v) is 5.33. The fraction of sp³-hybridized carbons (Fsp3) is 0.400. The number of aliphatic hydroxyl groups is 2. The predicted molar refractivity (Wildman–Crippen MR) is 62.3 cm³/mol. The molecule has 5 heteroatoms. The van der Waals surface area contributed by atoms with Gasteiger partial charge in [-0.25, -0.2) is 0 Å². The van der Waals surface area contributed by atoms with Gasteiger partial charge in [-0.15, -0.1) is 0 Å². The summed E-state index contributed by atoms with van der Waals surface area (Å²) in [5.74, 6) is 0.759. The van der Waals surface area contributed by atoms with E-state index in [0.29, 0.717) is 6.54 Å². The van der Waals surface area contributed by atoms with Crippen molar-refractivity contribution in [2.24, 2.45) is 0 Å². The fourth-order valence-electron chi connectivity index (χ4n) is 1.06. The quantitative estimate of drug-likeness (QED) is 0.756. The number of halogens is 1. The van der Waals surface area contributed by atoms with Crippen molar-refractivity contribution in [1.82, 2.24) is 0 Å². The molecule has 4 nitrogen and oxygen atoms in total. The Kier molecular flexibility index (Phi) is 4.87. The van der Waals surface area contributed by atoms with Crippen LogP contribution in [0.2, 0.25) is 0 Å². The largest absolute Gasteiger partial charge is 0.497 e. The molecule has 1 aromatic rings. The van der Waals surface area contributed by atoms with Crippen molar-refractivity contribution in [3.63, 3.8) is 0 Å². The van der Waals surface area contributed by atoms with E-state index in [1.807, 2.05) is 18.2 Å². The van der Waals surface area contributed by atoms with Crippen LogP contribution >= 0.6 is 15.9 Å². The Bertz CT molecular complexity index is 320. The van der Waals surface area contributed by atoms with Gasteiger partial charge in [0.25, 0.3) is 0 Å². The fourth-order valence-corrected chi connectivity index (χ4v) is 1.56. The molecular formula is C10H14BrNO3. The first-order chi connectivity index (χ1) is 7.17. The van der Waals surface area contributed by atoms with Crippen molar-refractivity contribution in [3.05, 3.63) is 22.7 Å².